The highest BCUT2D eigenvalue weighted by atomic mass is 16.5. The molecule has 12 heteroatoms. The molecule has 3 aromatic carbocycles. The van der Waals surface area contributed by atoms with E-state index in [0.29, 0.717) is 52.8 Å². The monoisotopic (exact) mass is 740 g/mol. The Morgan fingerprint density at radius 1 is 0.836 bits per heavy atom. The van der Waals surface area contributed by atoms with Gasteiger partial charge in [-0.2, -0.15) is 0 Å². The molecule has 4 heterocycles. The van der Waals surface area contributed by atoms with Gasteiger partial charge < -0.3 is 34.1 Å². The molecule has 3 amide bonds. The Kier molecular flexibility index (Phi) is 10.9. The summed E-state index contributed by atoms with van der Waals surface area (Å²) in [6, 6.07) is 24.0. The molecule has 55 heavy (non-hydrogen) atoms. The number of benzene rings is 3. The maximum atomic E-state index is 13.3. The van der Waals surface area contributed by atoms with Gasteiger partial charge >= 0.3 is 0 Å². The van der Waals surface area contributed by atoms with Gasteiger partial charge in [-0.25, -0.2) is 0 Å². The zero-order valence-electron chi connectivity index (χ0n) is 31.2. The van der Waals surface area contributed by atoms with Gasteiger partial charge in [0.05, 0.1) is 42.4 Å². The lowest BCUT2D eigenvalue weighted by atomic mass is 10.0. The molecule has 0 spiro atoms. The summed E-state index contributed by atoms with van der Waals surface area (Å²) >= 11 is 0. The standard InChI is InChI=1S/C43H44N6O6/c1-47-26-30(21-37(47)42(52)46-31-10-5-4-6-11-31)29-16-14-28(15-17-29)20-38(50)36-22-32(27-48(36)2)45-41(51)13-9-19-55-40-24-35-34(23-39(40)54-3)43(53)49-18-8-7-12-33(49)25-44-35/h4-6,10-11,14-17,21-27,33H,7-9,12-13,18-20H2,1-3H3,(H,45,51)(H,46,52)/t33-/m0/s1. The average molecular weight is 741 g/mol. The van der Waals surface area contributed by atoms with Crippen molar-refractivity contribution in [3.63, 3.8) is 0 Å². The van der Waals surface area contributed by atoms with Crippen molar-refractivity contribution in [2.24, 2.45) is 19.1 Å². The van der Waals surface area contributed by atoms with Crippen LogP contribution in [-0.4, -0.2) is 70.1 Å². The third-order valence-corrected chi connectivity index (χ3v) is 10.0. The second kappa shape index (κ2) is 16.3. The third-order valence-electron chi connectivity index (χ3n) is 10.0. The smallest absolute Gasteiger partial charge is 0.272 e. The summed E-state index contributed by atoms with van der Waals surface area (Å²) in [5.74, 6) is 0.370. The van der Waals surface area contributed by atoms with E-state index in [1.165, 1.54) is 7.11 Å². The van der Waals surface area contributed by atoms with Gasteiger partial charge in [0.2, 0.25) is 5.91 Å². The number of nitrogens with one attached hydrogen (secondary N) is 2. The van der Waals surface area contributed by atoms with Gasteiger partial charge in [-0.1, -0.05) is 42.5 Å². The Morgan fingerprint density at radius 3 is 2.40 bits per heavy atom. The summed E-state index contributed by atoms with van der Waals surface area (Å²) in [5, 5.41) is 5.81. The van der Waals surface area contributed by atoms with Crippen molar-refractivity contribution < 1.29 is 28.7 Å². The van der Waals surface area contributed by atoms with Crippen LogP contribution < -0.4 is 20.1 Å². The van der Waals surface area contributed by atoms with Crippen LogP contribution in [0.15, 0.2) is 96.2 Å². The van der Waals surface area contributed by atoms with Crippen LogP contribution in [-0.2, 0) is 25.3 Å². The number of amides is 3. The minimum atomic E-state index is -0.203. The number of hydrogen-bond acceptors (Lipinski definition) is 7. The first kappa shape index (κ1) is 36.9. The summed E-state index contributed by atoms with van der Waals surface area (Å²) in [5.41, 5.74) is 5.98. The molecular weight excluding hydrogens is 697 g/mol. The lowest BCUT2D eigenvalue weighted by Gasteiger charge is -2.32. The number of nitrogens with zero attached hydrogens (tertiary/aromatic N) is 4. The van der Waals surface area contributed by atoms with E-state index in [1.807, 2.05) is 85.0 Å². The van der Waals surface area contributed by atoms with Crippen LogP contribution in [0.1, 0.15) is 69.0 Å². The van der Waals surface area contributed by atoms with E-state index < -0.39 is 0 Å². The van der Waals surface area contributed by atoms with E-state index in [4.69, 9.17) is 9.47 Å². The number of carbonyl (C=O) groups is 4. The van der Waals surface area contributed by atoms with Gasteiger partial charge in [0.1, 0.15) is 5.69 Å². The Bertz CT molecular complexity index is 2250. The van der Waals surface area contributed by atoms with Crippen LogP contribution in [0.25, 0.3) is 11.1 Å². The minimum Gasteiger partial charge on any atom is -0.493 e. The number of piperidine rings is 1. The number of hydrogen-bond donors (Lipinski definition) is 2. The molecule has 0 radical (unpaired) electrons. The maximum absolute atomic E-state index is 13.3. The summed E-state index contributed by atoms with van der Waals surface area (Å²) in [6.45, 7) is 0.964. The molecule has 2 aromatic heterocycles. The molecule has 1 saturated heterocycles. The Labute approximate surface area is 319 Å². The predicted molar refractivity (Wildman–Crippen MR) is 212 cm³/mol. The number of para-hydroxylation sites is 1. The first-order chi connectivity index (χ1) is 26.7. The summed E-state index contributed by atoms with van der Waals surface area (Å²) in [6.07, 6.45) is 9.25. The highest BCUT2D eigenvalue weighted by molar-refractivity contribution is 6.04. The molecule has 282 valence electrons. The highest BCUT2D eigenvalue weighted by Gasteiger charge is 2.31. The number of ketones is 1. The molecule has 2 aliphatic heterocycles. The van der Waals surface area contributed by atoms with Crippen LogP contribution in [0.2, 0.25) is 0 Å². The van der Waals surface area contributed by atoms with Crippen molar-refractivity contribution in [1.82, 2.24) is 14.0 Å². The second-order valence-corrected chi connectivity index (χ2v) is 13.9. The average Bonchev–Trinajstić information content (AvgIpc) is 3.73. The van der Waals surface area contributed by atoms with Crippen LogP contribution in [0.3, 0.4) is 0 Å². The number of aromatic nitrogens is 2. The maximum Gasteiger partial charge on any atom is 0.272 e. The normalized spacial score (nSPS) is 14.8. The number of fused-ring (bicyclic) bond motifs is 2. The Morgan fingerprint density at radius 2 is 1.62 bits per heavy atom. The first-order valence-corrected chi connectivity index (χ1v) is 18.5. The number of ether oxygens (including phenoxy) is 2. The predicted octanol–water partition coefficient (Wildman–Crippen LogP) is 7.23. The molecule has 1 atom stereocenters. The summed E-state index contributed by atoms with van der Waals surface area (Å²) in [7, 11) is 5.14. The van der Waals surface area contributed by atoms with Crippen molar-refractivity contribution >= 4 is 46.8 Å². The number of anilines is 2. The molecule has 0 saturated carbocycles. The lowest BCUT2D eigenvalue weighted by molar-refractivity contribution is -0.116. The molecule has 2 aliphatic rings. The van der Waals surface area contributed by atoms with Crippen LogP contribution in [0.4, 0.5) is 17.1 Å². The van der Waals surface area contributed by atoms with E-state index in [-0.39, 0.29) is 49.0 Å². The van der Waals surface area contributed by atoms with E-state index in [1.54, 1.807) is 40.6 Å². The second-order valence-electron chi connectivity index (χ2n) is 13.9. The number of Topliss-reactive ketones (excluding diaryl/α,β-unsaturated/α-hetero) is 1. The van der Waals surface area contributed by atoms with Crippen molar-refractivity contribution in [2.75, 3.05) is 30.9 Å². The van der Waals surface area contributed by atoms with E-state index in [0.717, 1.165) is 41.6 Å². The minimum absolute atomic E-state index is 0.00168. The fraction of sp³-hybridized carbons (Fsp3) is 0.279. The zero-order valence-corrected chi connectivity index (χ0v) is 31.2. The number of methoxy groups -OCH3 is 1. The van der Waals surface area contributed by atoms with Crippen molar-refractivity contribution in [3.8, 4) is 22.6 Å². The van der Waals surface area contributed by atoms with Gasteiger partial charge in [-0.3, -0.25) is 24.2 Å². The van der Waals surface area contributed by atoms with Crippen molar-refractivity contribution in [1.29, 1.82) is 0 Å². The van der Waals surface area contributed by atoms with Crippen molar-refractivity contribution in [2.45, 2.75) is 44.6 Å². The number of aryl methyl sites for hydroxylation is 2. The fourth-order valence-electron chi connectivity index (χ4n) is 7.09. The third kappa shape index (κ3) is 8.38. The molecule has 0 unspecified atom stereocenters. The number of aliphatic imine (C=N–C) groups is 1. The highest BCUT2D eigenvalue weighted by Crippen LogP contribution is 2.38. The molecule has 7 rings (SSSR count). The van der Waals surface area contributed by atoms with Crippen LogP contribution >= 0.6 is 0 Å². The Balaban J connectivity index is 0.900. The largest absolute Gasteiger partial charge is 0.493 e. The van der Waals surface area contributed by atoms with E-state index in [2.05, 4.69) is 15.6 Å². The molecule has 0 aliphatic carbocycles. The van der Waals surface area contributed by atoms with Gasteiger partial charge in [0, 0.05) is 69.4 Å². The molecule has 12 nitrogen and oxygen atoms in total. The SMILES string of the molecule is COc1cc2c(cc1OCCCC(=O)Nc1cc(C(=O)Cc3ccc(-c4cc(C(=O)Nc5ccccc5)n(C)c4)cc3)n(C)c1)N=C[C@@H]1CCCCN1C2=O. The van der Waals surface area contributed by atoms with Gasteiger partial charge in [-0.15, -0.1) is 0 Å². The first-order valence-electron chi connectivity index (χ1n) is 18.5. The molecule has 2 N–H and O–H groups in total. The van der Waals surface area contributed by atoms with Gasteiger partial charge in [-0.05, 0) is 67.1 Å². The molecular formula is C43H44N6O6. The lowest BCUT2D eigenvalue weighted by Crippen LogP contribution is -2.43. The van der Waals surface area contributed by atoms with Crippen LogP contribution in [0, 0.1) is 0 Å². The topological polar surface area (TPSA) is 136 Å². The summed E-state index contributed by atoms with van der Waals surface area (Å²) < 4.78 is 15.1. The van der Waals surface area contributed by atoms with Gasteiger partial charge in [0.25, 0.3) is 11.8 Å². The zero-order chi connectivity index (χ0) is 38.5. The van der Waals surface area contributed by atoms with Gasteiger partial charge in [0.15, 0.2) is 17.3 Å². The molecule has 5 aromatic rings. The number of rotatable bonds is 13. The quantitative estimate of drug-likeness (QED) is 0.0967. The fourth-order valence-corrected chi connectivity index (χ4v) is 7.09. The van der Waals surface area contributed by atoms with Crippen molar-refractivity contribution in [3.05, 3.63) is 114 Å². The van der Waals surface area contributed by atoms with E-state index >= 15 is 0 Å². The number of carbonyl (C=O) groups excluding carboxylic acids is 4. The van der Waals surface area contributed by atoms with Crippen LogP contribution in [0.5, 0.6) is 11.5 Å². The molecule has 1 fully saturated rings. The summed E-state index contributed by atoms with van der Waals surface area (Å²) in [4.78, 5) is 58.8. The van der Waals surface area contributed by atoms with E-state index in [9.17, 15) is 19.2 Å². The Hall–Kier alpha value is -6.43. The molecule has 0 bridgehead atoms.